The van der Waals surface area contributed by atoms with Gasteiger partial charge in [-0.3, -0.25) is 0 Å². The third kappa shape index (κ3) is 4.63. The first-order valence-corrected chi connectivity index (χ1v) is 11.2. The number of nitrogens with zero attached hydrogens (tertiary/aromatic N) is 5. The van der Waals surface area contributed by atoms with Crippen LogP contribution in [0.3, 0.4) is 0 Å². The fourth-order valence-corrected chi connectivity index (χ4v) is 4.29. The largest absolute Gasteiger partial charge is 0.416 e. The summed E-state index contributed by atoms with van der Waals surface area (Å²) >= 11 is 0. The molecule has 1 aromatic carbocycles. The lowest BCUT2D eigenvalue weighted by Gasteiger charge is -2.33. The summed E-state index contributed by atoms with van der Waals surface area (Å²) < 4.78 is 44.4. The van der Waals surface area contributed by atoms with Crippen LogP contribution < -0.4 is 15.1 Å². The fourth-order valence-electron chi connectivity index (χ4n) is 4.29. The van der Waals surface area contributed by atoms with Gasteiger partial charge in [0.15, 0.2) is 0 Å². The molecular weight excluding hydrogens is 445 g/mol. The van der Waals surface area contributed by atoms with E-state index in [2.05, 4.69) is 20.1 Å². The molecule has 0 saturated carbocycles. The Hall–Kier alpha value is -3.40. The number of hydrogen-bond acceptors (Lipinski definition) is 7. The maximum absolute atomic E-state index is 13.0. The first kappa shape index (κ1) is 22.4. The fraction of sp³-hybridized carbons (Fsp3) is 0.375. The van der Waals surface area contributed by atoms with Crippen molar-refractivity contribution in [2.45, 2.75) is 26.1 Å². The minimum Gasteiger partial charge on any atom is -0.378 e. The number of benzene rings is 1. The lowest BCUT2D eigenvalue weighted by atomic mass is 10.0. The van der Waals surface area contributed by atoms with E-state index in [1.54, 1.807) is 6.20 Å². The molecule has 0 radical (unpaired) electrons. The van der Waals surface area contributed by atoms with Crippen molar-refractivity contribution < 1.29 is 17.9 Å². The highest BCUT2D eigenvalue weighted by Gasteiger charge is 2.30. The van der Waals surface area contributed by atoms with Gasteiger partial charge in [-0.25, -0.2) is 9.97 Å². The third-order valence-corrected chi connectivity index (χ3v) is 6.10. The topological polar surface area (TPSA) is 66.4 Å². The van der Waals surface area contributed by atoms with Crippen molar-refractivity contribution in [3.63, 3.8) is 0 Å². The number of alkyl halides is 3. The molecule has 2 aromatic heterocycles. The van der Waals surface area contributed by atoms with Crippen LogP contribution in [0.2, 0.25) is 0 Å². The van der Waals surface area contributed by atoms with Crippen LogP contribution in [-0.4, -0.2) is 47.8 Å². The molecule has 3 aromatic rings. The van der Waals surface area contributed by atoms with Crippen LogP contribution in [0.15, 0.2) is 42.6 Å². The summed E-state index contributed by atoms with van der Waals surface area (Å²) in [6, 6.07) is 8.96. The normalized spacial score (nSPS) is 16.4. The van der Waals surface area contributed by atoms with Crippen LogP contribution in [-0.2, 0) is 23.9 Å². The third-order valence-electron chi connectivity index (χ3n) is 6.10. The lowest BCUT2D eigenvalue weighted by molar-refractivity contribution is -0.137. The quantitative estimate of drug-likeness (QED) is 0.609. The summed E-state index contributed by atoms with van der Waals surface area (Å²) in [6.45, 7) is 5.92. The van der Waals surface area contributed by atoms with Crippen molar-refractivity contribution >= 4 is 23.3 Å². The summed E-state index contributed by atoms with van der Waals surface area (Å²) in [5.74, 6) is 2.15. The summed E-state index contributed by atoms with van der Waals surface area (Å²) in [4.78, 5) is 18.5. The second-order valence-corrected chi connectivity index (χ2v) is 8.41. The highest BCUT2D eigenvalue weighted by molar-refractivity contribution is 5.64. The Morgan fingerprint density at radius 1 is 0.971 bits per heavy atom. The van der Waals surface area contributed by atoms with Crippen LogP contribution in [0.1, 0.15) is 22.4 Å². The average Bonchev–Trinajstić information content (AvgIpc) is 2.84. The van der Waals surface area contributed by atoms with Crippen molar-refractivity contribution in [3.8, 4) is 0 Å². The Morgan fingerprint density at radius 3 is 2.44 bits per heavy atom. The molecule has 2 aliphatic heterocycles. The zero-order chi connectivity index (χ0) is 23.7. The van der Waals surface area contributed by atoms with Gasteiger partial charge in [0.2, 0.25) is 5.95 Å². The van der Waals surface area contributed by atoms with Gasteiger partial charge in [0.1, 0.15) is 11.6 Å². The van der Waals surface area contributed by atoms with Crippen molar-refractivity contribution in [1.29, 1.82) is 0 Å². The van der Waals surface area contributed by atoms with E-state index in [1.165, 1.54) is 12.1 Å². The van der Waals surface area contributed by atoms with E-state index < -0.39 is 11.7 Å². The molecule has 1 saturated heterocycles. The number of anilines is 4. The molecule has 7 nitrogen and oxygen atoms in total. The van der Waals surface area contributed by atoms with Gasteiger partial charge in [0, 0.05) is 37.1 Å². The van der Waals surface area contributed by atoms with E-state index in [0.717, 1.165) is 41.3 Å². The number of fused-ring (bicyclic) bond motifs is 1. The van der Waals surface area contributed by atoms with Crippen LogP contribution in [0.5, 0.6) is 0 Å². The van der Waals surface area contributed by atoms with Gasteiger partial charge < -0.3 is 19.9 Å². The molecule has 1 N–H and O–H groups in total. The first-order valence-electron chi connectivity index (χ1n) is 11.2. The molecule has 0 bridgehead atoms. The molecule has 1 fully saturated rings. The number of nitrogens with one attached hydrogen (secondary N) is 1. The summed E-state index contributed by atoms with van der Waals surface area (Å²) in [7, 11) is 0. The van der Waals surface area contributed by atoms with E-state index in [0.29, 0.717) is 56.7 Å². The van der Waals surface area contributed by atoms with Gasteiger partial charge in [0.05, 0.1) is 31.0 Å². The first-order chi connectivity index (χ1) is 16.4. The van der Waals surface area contributed by atoms with E-state index in [-0.39, 0.29) is 0 Å². The number of rotatable bonds is 4. The monoisotopic (exact) mass is 470 g/mol. The SMILES string of the molecule is Cc1cccnc1N1CCc2c(nc(N3CCOCC3)nc2Nc2ccc(C(F)(F)F)cc2)C1. The van der Waals surface area contributed by atoms with Crippen LogP contribution in [0, 0.1) is 6.92 Å². The molecule has 5 rings (SSSR count). The van der Waals surface area contributed by atoms with E-state index >= 15 is 0 Å². The molecule has 2 aliphatic rings. The van der Waals surface area contributed by atoms with Crippen molar-refractivity contribution in [2.24, 2.45) is 0 Å². The van der Waals surface area contributed by atoms with Crippen LogP contribution in [0.25, 0.3) is 0 Å². The van der Waals surface area contributed by atoms with E-state index in [1.807, 2.05) is 19.1 Å². The Labute approximate surface area is 195 Å². The summed E-state index contributed by atoms with van der Waals surface area (Å²) in [6.07, 6.45) is -1.89. The molecule has 178 valence electrons. The second kappa shape index (κ2) is 9.09. The number of pyridine rings is 1. The lowest BCUT2D eigenvalue weighted by Crippen LogP contribution is -2.39. The maximum Gasteiger partial charge on any atom is 0.416 e. The van der Waals surface area contributed by atoms with Crippen LogP contribution in [0.4, 0.5) is 36.4 Å². The Bertz CT molecular complexity index is 1160. The van der Waals surface area contributed by atoms with Gasteiger partial charge >= 0.3 is 6.18 Å². The predicted molar refractivity (Wildman–Crippen MR) is 124 cm³/mol. The van der Waals surface area contributed by atoms with Crippen molar-refractivity contribution in [1.82, 2.24) is 15.0 Å². The summed E-state index contributed by atoms with van der Waals surface area (Å²) in [5, 5.41) is 3.25. The Morgan fingerprint density at radius 2 is 1.74 bits per heavy atom. The number of aromatic nitrogens is 3. The maximum atomic E-state index is 13.0. The molecule has 0 aliphatic carbocycles. The summed E-state index contributed by atoms with van der Waals surface area (Å²) in [5.41, 5.74) is 2.82. The highest BCUT2D eigenvalue weighted by atomic mass is 19.4. The molecule has 4 heterocycles. The number of halogens is 3. The number of aryl methyl sites for hydroxylation is 1. The van der Waals surface area contributed by atoms with Gasteiger partial charge in [0.25, 0.3) is 0 Å². The number of hydrogen-bond donors (Lipinski definition) is 1. The molecular formula is C24H25F3N6O. The number of ether oxygens (including phenoxy) is 1. The predicted octanol–water partition coefficient (Wildman–Crippen LogP) is 4.34. The average molecular weight is 470 g/mol. The zero-order valence-electron chi connectivity index (χ0n) is 18.8. The van der Waals surface area contributed by atoms with Crippen LogP contribution >= 0.6 is 0 Å². The van der Waals surface area contributed by atoms with Crippen molar-refractivity contribution in [3.05, 3.63) is 65.0 Å². The minimum atomic E-state index is -4.37. The van der Waals surface area contributed by atoms with Gasteiger partial charge in [-0.2, -0.15) is 18.2 Å². The standard InChI is InChI=1S/C24H25F3N6O/c1-16-3-2-9-28-22(16)33-10-8-19-20(15-33)30-23(32-11-13-34-14-12-32)31-21(19)29-18-6-4-17(5-7-18)24(25,26)27/h2-7,9H,8,10-15H2,1H3,(H,29,30,31). The molecule has 0 spiro atoms. The van der Waals surface area contributed by atoms with Gasteiger partial charge in [-0.05, 0) is 49.2 Å². The smallest absolute Gasteiger partial charge is 0.378 e. The Balaban J connectivity index is 1.48. The van der Waals surface area contributed by atoms with Gasteiger partial charge in [-0.15, -0.1) is 0 Å². The second-order valence-electron chi connectivity index (χ2n) is 8.41. The number of morpholine rings is 1. The molecule has 0 unspecified atom stereocenters. The molecule has 0 atom stereocenters. The molecule has 34 heavy (non-hydrogen) atoms. The highest BCUT2D eigenvalue weighted by Crippen LogP contribution is 2.33. The van der Waals surface area contributed by atoms with Crippen molar-refractivity contribution in [2.75, 3.05) is 48.0 Å². The molecule has 0 amide bonds. The Kier molecular flexibility index (Phi) is 5.99. The van der Waals surface area contributed by atoms with E-state index in [9.17, 15) is 13.2 Å². The molecule has 10 heteroatoms. The zero-order valence-corrected chi connectivity index (χ0v) is 18.8. The van der Waals surface area contributed by atoms with Gasteiger partial charge in [-0.1, -0.05) is 6.07 Å². The minimum absolute atomic E-state index is 0.546. The van der Waals surface area contributed by atoms with E-state index in [4.69, 9.17) is 14.7 Å².